The lowest BCUT2D eigenvalue weighted by molar-refractivity contribution is 1.09. The monoisotopic (exact) mass is 243 g/mol. The van der Waals surface area contributed by atoms with Gasteiger partial charge < -0.3 is 17.2 Å². The first-order chi connectivity index (χ1) is 8.60. The van der Waals surface area contributed by atoms with E-state index in [-0.39, 0.29) is 5.95 Å². The predicted octanol–water partition coefficient (Wildman–Crippen LogP) is 1.38. The quantitative estimate of drug-likeness (QED) is 0.755. The lowest BCUT2D eigenvalue weighted by atomic mass is 10.0. The minimum atomic E-state index is 0.107. The molecule has 1 aromatic heterocycles. The van der Waals surface area contributed by atoms with E-state index in [1.807, 2.05) is 0 Å². The normalized spacial score (nSPS) is 10.5. The maximum Gasteiger partial charge on any atom is 0.223 e. The Kier molecular flexibility index (Phi) is 3.32. The van der Waals surface area contributed by atoms with Crippen molar-refractivity contribution in [1.29, 1.82) is 0 Å². The molecular weight excluding hydrogens is 226 g/mol. The second kappa shape index (κ2) is 4.91. The van der Waals surface area contributed by atoms with Crippen LogP contribution >= 0.6 is 0 Å². The Balaban J connectivity index is 2.28. The van der Waals surface area contributed by atoms with E-state index in [9.17, 15) is 0 Å². The van der Waals surface area contributed by atoms with E-state index in [0.717, 1.165) is 17.5 Å². The number of hydrogen-bond acceptors (Lipinski definition) is 5. The summed E-state index contributed by atoms with van der Waals surface area (Å²) in [6.07, 6.45) is 1.64. The van der Waals surface area contributed by atoms with Crippen LogP contribution in [0, 0.1) is 0 Å². The van der Waals surface area contributed by atoms with E-state index in [2.05, 4.69) is 41.2 Å². The Hall–Kier alpha value is -2.30. The summed E-state index contributed by atoms with van der Waals surface area (Å²) in [5.74, 6) is 0.800. The van der Waals surface area contributed by atoms with Gasteiger partial charge in [0.25, 0.3) is 0 Å². The van der Waals surface area contributed by atoms with E-state index < -0.39 is 0 Å². The lowest BCUT2D eigenvalue weighted by Gasteiger charge is -2.09. The molecule has 0 aliphatic carbocycles. The standard InChI is InChI=1S/C13H17N5/c1-2-8-3-5-9(6-4-8)7-10-11(14)17-13(16)18-12(10)15/h3-6H,2,7H2,1H3,(H6,14,15,16,17,18). The first kappa shape index (κ1) is 12.2. The molecular formula is C13H17N5. The number of hydrogen-bond donors (Lipinski definition) is 3. The average Bonchev–Trinajstić information content (AvgIpc) is 2.34. The van der Waals surface area contributed by atoms with Crippen LogP contribution in [0.1, 0.15) is 23.6 Å². The maximum atomic E-state index is 5.82. The number of nitrogen functional groups attached to an aromatic ring is 3. The lowest BCUT2D eigenvalue weighted by Crippen LogP contribution is -2.09. The Bertz CT molecular complexity index is 525. The van der Waals surface area contributed by atoms with Crippen LogP contribution in [0.2, 0.25) is 0 Å². The molecule has 0 fully saturated rings. The molecule has 18 heavy (non-hydrogen) atoms. The molecule has 0 amide bonds. The van der Waals surface area contributed by atoms with Crippen molar-refractivity contribution in [2.75, 3.05) is 17.2 Å². The third-order valence-electron chi connectivity index (χ3n) is 2.90. The highest BCUT2D eigenvalue weighted by Crippen LogP contribution is 2.21. The first-order valence-corrected chi connectivity index (χ1v) is 5.85. The molecule has 0 atom stereocenters. The van der Waals surface area contributed by atoms with Crippen LogP contribution in [0.3, 0.4) is 0 Å². The van der Waals surface area contributed by atoms with Gasteiger partial charge in [0.15, 0.2) is 0 Å². The zero-order valence-corrected chi connectivity index (χ0v) is 10.4. The summed E-state index contributed by atoms with van der Waals surface area (Å²) in [6.45, 7) is 2.12. The number of nitrogens with two attached hydrogens (primary N) is 3. The highest BCUT2D eigenvalue weighted by Gasteiger charge is 2.09. The number of aryl methyl sites for hydroxylation is 1. The summed E-state index contributed by atoms with van der Waals surface area (Å²) in [6, 6.07) is 8.32. The average molecular weight is 243 g/mol. The summed E-state index contributed by atoms with van der Waals surface area (Å²) >= 11 is 0. The molecule has 0 saturated heterocycles. The van der Waals surface area contributed by atoms with Crippen LogP contribution in [0.4, 0.5) is 17.6 Å². The largest absolute Gasteiger partial charge is 0.383 e. The minimum absolute atomic E-state index is 0.107. The van der Waals surface area contributed by atoms with Crippen molar-refractivity contribution in [3.05, 3.63) is 41.0 Å². The van der Waals surface area contributed by atoms with E-state index in [1.54, 1.807) is 0 Å². The van der Waals surface area contributed by atoms with Crippen LogP contribution in [-0.2, 0) is 12.8 Å². The Labute approximate surface area is 106 Å². The van der Waals surface area contributed by atoms with Crippen LogP contribution < -0.4 is 17.2 Å². The fourth-order valence-corrected chi connectivity index (χ4v) is 1.82. The van der Waals surface area contributed by atoms with Crippen molar-refractivity contribution >= 4 is 17.6 Å². The number of rotatable bonds is 3. The molecule has 1 aromatic carbocycles. The summed E-state index contributed by atoms with van der Waals surface area (Å²) in [5, 5.41) is 0. The van der Waals surface area contributed by atoms with Crippen LogP contribution in [0.5, 0.6) is 0 Å². The van der Waals surface area contributed by atoms with Gasteiger partial charge in [0.1, 0.15) is 11.6 Å². The topological polar surface area (TPSA) is 104 Å². The number of aromatic nitrogens is 2. The first-order valence-electron chi connectivity index (χ1n) is 5.85. The molecule has 94 valence electrons. The minimum Gasteiger partial charge on any atom is -0.383 e. The highest BCUT2D eigenvalue weighted by atomic mass is 15.1. The molecule has 1 heterocycles. The molecule has 2 aromatic rings. The van der Waals surface area contributed by atoms with E-state index >= 15 is 0 Å². The molecule has 0 radical (unpaired) electrons. The maximum absolute atomic E-state index is 5.82. The van der Waals surface area contributed by atoms with Gasteiger partial charge in [-0.2, -0.15) is 9.97 Å². The van der Waals surface area contributed by atoms with E-state index in [4.69, 9.17) is 17.2 Å². The summed E-state index contributed by atoms with van der Waals surface area (Å²) < 4.78 is 0. The Morgan fingerprint density at radius 3 is 1.89 bits per heavy atom. The van der Waals surface area contributed by atoms with Crippen LogP contribution in [0.15, 0.2) is 24.3 Å². The molecule has 5 heteroatoms. The molecule has 0 aliphatic heterocycles. The number of benzene rings is 1. The van der Waals surface area contributed by atoms with Gasteiger partial charge >= 0.3 is 0 Å². The molecule has 0 spiro atoms. The zero-order valence-electron chi connectivity index (χ0n) is 10.4. The van der Waals surface area contributed by atoms with Crippen LogP contribution in [0.25, 0.3) is 0 Å². The molecule has 2 rings (SSSR count). The van der Waals surface area contributed by atoms with Crippen molar-refractivity contribution in [2.45, 2.75) is 19.8 Å². The van der Waals surface area contributed by atoms with Gasteiger partial charge in [-0.05, 0) is 17.5 Å². The Morgan fingerprint density at radius 1 is 0.889 bits per heavy atom. The molecule has 0 aliphatic rings. The van der Waals surface area contributed by atoms with Gasteiger partial charge in [0.2, 0.25) is 5.95 Å². The fraction of sp³-hybridized carbons (Fsp3) is 0.231. The zero-order chi connectivity index (χ0) is 13.1. The third kappa shape index (κ3) is 2.51. The smallest absolute Gasteiger partial charge is 0.223 e. The van der Waals surface area contributed by atoms with Gasteiger partial charge in [0.05, 0.1) is 0 Å². The third-order valence-corrected chi connectivity index (χ3v) is 2.90. The second-order valence-electron chi connectivity index (χ2n) is 4.18. The predicted molar refractivity (Wildman–Crippen MR) is 73.9 cm³/mol. The molecule has 6 N–H and O–H groups in total. The number of anilines is 3. The molecule has 0 unspecified atom stereocenters. The number of nitrogens with zero attached hydrogens (tertiary/aromatic N) is 2. The van der Waals surface area contributed by atoms with E-state index in [1.165, 1.54) is 5.56 Å². The van der Waals surface area contributed by atoms with Crippen molar-refractivity contribution in [2.24, 2.45) is 0 Å². The van der Waals surface area contributed by atoms with Crippen LogP contribution in [-0.4, -0.2) is 9.97 Å². The summed E-state index contributed by atoms with van der Waals surface area (Å²) in [7, 11) is 0. The van der Waals surface area contributed by atoms with E-state index in [0.29, 0.717) is 18.1 Å². The van der Waals surface area contributed by atoms with Gasteiger partial charge in [-0.3, -0.25) is 0 Å². The summed E-state index contributed by atoms with van der Waals surface area (Å²) in [4.78, 5) is 7.86. The molecule has 0 bridgehead atoms. The molecule has 0 saturated carbocycles. The SMILES string of the molecule is CCc1ccc(Cc2c(N)nc(N)nc2N)cc1. The van der Waals surface area contributed by atoms with Crippen molar-refractivity contribution < 1.29 is 0 Å². The van der Waals surface area contributed by atoms with Gasteiger partial charge in [-0.1, -0.05) is 31.2 Å². The van der Waals surface area contributed by atoms with Gasteiger partial charge in [-0.15, -0.1) is 0 Å². The highest BCUT2D eigenvalue weighted by molar-refractivity contribution is 5.57. The summed E-state index contributed by atoms with van der Waals surface area (Å²) in [5.41, 5.74) is 20.3. The second-order valence-corrected chi connectivity index (χ2v) is 4.18. The van der Waals surface area contributed by atoms with Crippen molar-refractivity contribution in [1.82, 2.24) is 9.97 Å². The van der Waals surface area contributed by atoms with Gasteiger partial charge in [0, 0.05) is 12.0 Å². The van der Waals surface area contributed by atoms with Crippen molar-refractivity contribution in [3.8, 4) is 0 Å². The van der Waals surface area contributed by atoms with Gasteiger partial charge in [-0.25, -0.2) is 0 Å². The fourth-order valence-electron chi connectivity index (χ4n) is 1.82. The van der Waals surface area contributed by atoms with Crippen molar-refractivity contribution in [3.63, 3.8) is 0 Å². The Morgan fingerprint density at radius 2 is 1.39 bits per heavy atom. The molecule has 5 nitrogen and oxygen atoms in total.